The maximum atomic E-state index is 12.0. The molecule has 0 fully saturated rings. The van der Waals surface area contributed by atoms with Crippen molar-refractivity contribution >= 4 is 21.8 Å². The molecule has 1 aromatic rings. The molecular weight excluding hydrogens is 350 g/mol. The summed E-state index contributed by atoms with van der Waals surface area (Å²) in [4.78, 5) is 12.0. The molecule has 0 radical (unpaired) electrons. The van der Waals surface area contributed by atoms with Gasteiger partial charge in [-0.15, -0.1) is 0 Å². The Kier molecular flexibility index (Phi) is 8.92. The molecule has 0 unspecified atom stereocenters. The van der Waals surface area contributed by atoms with E-state index in [0.29, 0.717) is 44.3 Å². The zero-order valence-corrected chi connectivity index (χ0v) is 15.0. The number of hydrogen-bond acceptors (Lipinski definition) is 4. The van der Waals surface area contributed by atoms with E-state index >= 15 is 0 Å². The van der Waals surface area contributed by atoms with Gasteiger partial charge in [-0.05, 0) is 38.0 Å². The van der Waals surface area contributed by atoms with Gasteiger partial charge in [-0.25, -0.2) is 0 Å². The lowest BCUT2D eigenvalue weighted by atomic mass is 10.1. The smallest absolute Gasteiger partial charge is 0.224 e. The Morgan fingerprint density at radius 1 is 1.18 bits per heavy atom. The van der Waals surface area contributed by atoms with Crippen LogP contribution in [-0.4, -0.2) is 39.4 Å². The third kappa shape index (κ3) is 6.23. The van der Waals surface area contributed by atoms with Gasteiger partial charge in [0.05, 0.1) is 19.6 Å². The summed E-state index contributed by atoms with van der Waals surface area (Å²) in [7, 11) is 1.65. The molecule has 0 saturated carbocycles. The lowest BCUT2D eigenvalue weighted by Crippen LogP contribution is -2.26. The molecule has 0 saturated heterocycles. The van der Waals surface area contributed by atoms with E-state index in [4.69, 9.17) is 14.2 Å². The van der Waals surface area contributed by atoms with Gasteiger partial charge in [0.25, 0.3) is 0 Å². The summed E-state index contributed by atoms with van der Waals surface area (Å²) in [5.74, 6) is 1.32. The molecule has 1 rings (SSSR count). The molecule has 6 heteroatoms. The van der Waals surface area contributed by atoms with Crippen LogP contribution in [0.1, 0.15) is 25.8 Å². The molecule has 0 spiro atoms. The second-order valence-corrected chi connectivity index (χ2v) is 5.48. The van der Waals surface area contributed by atoms with Crippen molar-refractivity contribution in [3.8, 4) is 11.5 Å². The molecule has 5 nitrogen and oxygen atoms in total. The van der Waals surface area contributed by atoms with E-state index in [1.165, 1.54) is 0 Å². The minimum absolute atomic E-state index is 0.0246. The van der Waals surface area contributed by atoms with Crippen molar-refractivity contribution in [1.29, 1.82) is 0 Å². The minimum atomic E-state index is -0.0246. The maximum Gasteiger partial charge on any atom is 0.224 e. The van der Waals surface area contributed by atoms with E-state index in [2.05, 4.69) is 21.2 Å². The van der Waals surface area contributed by atoms with Crippen LogP contribution in [0.25, 0.3) is 0 Å². The van der Waals surface area contributed by atoms with Gasteiger partial charge in [-0.2, -0.15) is 0 Å². The Bertz CT molecular complexity index is 479. The highest BCUT2D eigenvalue weighted by atomic mass is 79.9. The third-order valence-corrected chi connectivity index (χ3v) is 3.65. The number of benzene rings is 1. The average Bonchev–Trinajstić information content (AvgIpc) is 2.49. The van der Waals surface area contributed by atoms with Crippen LogP contribution < -0.4 is 14.8 Å². The second kappa shape index (κ2) is 10.5. The molecule has 1 amide bonds. The lowest BCUT2D eigenvalue weighted by molar-refractivity contribution is -0.120. The molecule has 0 aromatic heterocycles. The molecular formula is C16H24BrNO4. The number of carbonyl (C=O) groups excluding carboxylic acids is 1. The molecule has 0 atom stereocenters. The van der Waals surface area contributed by atoms with Gasteiger partial charge in [-0.1, -0.05) is 15.9 Å². The quantitative estimate of drug-likeness (QED) is 0.640. The van der Waals surface area contributed by atoms with Crippen LogP contribution >= 0.6 is 15.9 Å². The van der Waals surface area contributed by atoms with E-state index in [-0.39, 0.29) is 5.91 Å². The van der Waals surface area contributed by atoms with Gasteiger partial charge in [0.15, 0.2) is 11.5 Å². The molecule has 124 valence electrons. The average molecular weight is 374 g/mol. The highest BCUT2D eigenvalue weighted by Crippen LogP contribution is 2.34. The molecule has 0 aliphatic heterocycles. The Labute approximate surface area is 140 Å². The Balaban J connectivity index is 2.72. The molecule has 0 bridgehead atoms. The number of rotatable bonds is 10. The number of carbonyl (C=O) groups is 1. The van der Waals surface area contributed by atoms with Gasteiger partial charge < -0.3 is 19.5 Å². The summed E-state index contributed by atoms with van der Waals surface area (Å²) in [6, 6.07) is 3.70. The highest BCUT2D eigenvalue weighted by molar-refractivity contribution is 9.10. The Morgan fingerprint density at radius 2 is 1.82 bits per heavy atom. The summed E-state index contributed by atoms with van der Waals surface area (Å²) < 4.78 is 16.9. The molecule has 0 heterocycles. The first-order valence-corrected chi connectivity index (χ1v) is 8.25. The van der Waals surface area contributed by atoms with Crippen molar-refractivity contribution in [1.82, 2.24) is 5.32 Å². The SMILES string of the molecule is CCOc1cc(Br)c(CC(=O)NCCCOC)cc1OCC. The second-order valence-electron chi connectivity index (χ2n) is 4.63. The first kappa shape index (κ1) is 18.8. The van der Waals surface area contributed by atoms with Gasteiger partial charge in [0, 0.05) is 24.7 Å². The highest BCUT2D eigenvalue weighted by Gasteiger charge is 2.13. The van der Waals surface area contributed by atoms with E-state index in [0.717, 1.165) is 16.5 Å². The van der Waals surface area contributed by atoms with E-state index in [1.807, 2.05) is 26.0 Å². The van der Waals surface area contributed by atoms with Gasteiger partial charge in [-0.3, -0.25) is 4.79 Å². The Morgan fingerprint density at radius 3 is 2.41 bits per heavy atom. The van der Waals surface area contributed by atoms with Crippen molar-refractivity contribution < 1.29 is 19.0 Å². The summed E-state index contributed by atoms with van der Waals surface area (Å²) in [6.45, 7) is 6.20. The monoisotopic (exact) mass is 373 g/mol. The normalized spacial score (nSPS) is 10.4. The topological polar surface area (TPSA) is 56.8 Å². The maximum absolute atomic E-state index is 12.0. The lowest BCUT2D eigenvalue weighted by Gasteiger charge is -2.14. The van der Waals surface area contributed by atoms with Crippen molar-refractivity contribution in [3.63, 3.8) is 0 Å². The van der Waals surface area contributed by atoms with Crippen molar-refractivity contribution in [2.45, 2.75) is 26.7 Å². The van der Waals surface area contributed by atoms with Gasteiger partial charge in [0.2, 0.25) is 5.91 Å². The fourth-order valence-electron chi connectivity index (χ4n) is 1.93. The zero-order chi connectivity index (χ0) is 16.4. The van der Waals surface area contributed by atoms with Crippen LogP contribution in [0.5, 0.6) is 11.5 Å². The van der Waals surface area contributed by atoms with Crippen LogP contribution in [-0.2, 0) is 16.0 Å². The molecule has 0 aliphatic carbocycles. The molecule has 1 N–H and O–H groups in total. The first-order chi connectivity index (χ1) is 10.6. The number of methoxy groups -OCH3 is 1. The summed E-state index contributed by atoms with van der Waals surface area (Å²) >= 11 is 3.49. The molecule has 0 aliphatic rings. The van der Waals surface area contributed by atoms with E-state index in [9.17, 15) is 4.79 Å². The number of halogens is 1. The van der Waals surface area contributed by atoms with E-state index < -0.39 is 0 Å². The predicted molar refractivity (Wildman–Crippen MR) is 89.7 cm³/mol. The molecule has 22 heavy (non-hydrogen) atoms. The van der Waals surface area contributed by atoms with Crippen molar-refractivity contribution in [2.24, 2.45) is 0 Å². The van der Waals surface area contributed by atoms with Crippen LogP contribution in [0.15, 0.2) is 16.6 Å². The summed E-state index contributed by atoms with van der Waals surface area (Å²) in [6.07, 6.45) is 1.09. The van der Waals surface area contributed by atoms with Gasteiger partial charge in [0.1, 0.15) is 0 Å². The largest absolute Gasteiger partial charge is 0.490 e. The fourth-order valence-corrected chi connectivity index (χ4v) is 2.39. The first-order valence-electron chi connectivity index (χ1n) is 7.46. The summed E-state index contributed by atoms with van der Waals surface area (Å²) in [5.41, 5.74) is 0.871. The van der Waals surface area contributed by atoms with Crippen molar-refractivity contribution in [3.05, 3.63) is 22.2 Å². The summed E-state index contributed by atoms with van der Waals surface area (Å²) in [5, 5.41) is 2.87. The van der Waals surface area contributed by atoms with Crippen LogP contribution in [0.2, 0.25) is 0 Å². The minimum Gasteiger partial charge on any atom is -0.490 e. The number of hydrogen-bond donors (Lipinski definition) is 1. The number of amides is 1. The van der Waals surface area contributed by atoms with E-state index in [1.54, 1.807) is 7.11 Å². The third-order valence-electron chi connectivity index (χ3n) is 2.91. The molecule has 1 aromatic carbocycles. The van der Waals surface area contributed by atoms with Crippen LogP contribution in [0, 0.1) is 0 Å². The van der Waals surface area contributed by atoms with Crippen molar-refractivity contribution in [2.75, 3.05) is 33.5 Å². The predicted octanol–water partition coefficient (Wildman–Crippen LogP) is 2.94. The fraction of sp³-hybridized carbons (Fsp3) is 0.562. The number of nitrogens with one attached hydrogen (secondary N) is 1. The Hall–Kier alpha value is -1.27. The van der Waals surface area contributed by atoms with Gasteiger partial charge >= 0.3 is 0 Å². The van der Waals surface area contributed by atoms with Crippen LogP contribution in [0.3, 0.4) is 0 Å². The van der Waals surface area contributed by atoms with Crippen LogP contribution in [0.4, 0.5) is 0 Å². The standard InChI is InChI=1S/C16H24BrNO4/c1-4-21-14-9-12(13(17)11-15(14)22-5-2)10-16(19)18-7-6-8-20-3/h9,11H,4-8,10H2,1-3H3,(H,18,19). The zero-order valence-electron chi connectivity index (χ0n) is 13.4. The number of ether oxygens (including phenoxy) is 3.